The summed E-state index contributed by atoms with van der Waals surface area (Å²) in [6, 6.07) is 7.37. The minimum absolute atomic E-state index is 0.0572. The number of hydrogen-bond donors (Lipinski definition) is 1. The molecule has 1 heterocycles. The number of likely N-dealkylation sites (tertiary alicyclic amines) is 1. The minimum atomic E-state index is -0.516. The van der Waals surface area contributed by atoms with Crippen molar-refractivity contribution in [3.05, 3.63) is 35.4 Å². The summed E-state index contributed by atoms with van der Waals surface area (Å²) in [4.78, 5) is 26.5. The van der Waals surface area contributed by atoms with Crippen LogP contribution >= 0.6 is 12.2 Å². The second kappa shape index (κ2) is 5.93. The van der Waals surface area contributed by atoms with E-state index in [-0.39, 0.29) is 18.4 Å². The van der Waals surface area contributed by atoms with E-state index < -0.39 is 5.41 Å². The number of carbonyl (C=O) groups is 2. The van der Waals surface area contributed by atoms with Crippen molar-refractivity contribution in [2.45, 2.75) is 39.7 Å². The van der Waals surface area contributed by atoms with Gasteiger partial charge in [-0.15, -0.1) is 0 Å². The van der Waals surface area contributed by atoms with Gasteiger partial charge in [-0.25, -0.2) is 0 Å². The molecule has 1 aromatic rings. The van der Waals surface area contributed by atoms with Crippen LogP contribution in [-0.4, -0.2) is 21.7 Å². The molecule has 1 saturated heterocycles. The third kappa shape index (κ3) is 2.83. The summed E-state index contributed by atoms with van der Waals surface area (Å²) in [5, 5.41) is 0. The van der Waals surface area contributed by atoms with Gasteiger partial charge in [0, 0.05) is 12.0 Å². The molecule has 1 aromatic carbocycles. The predicted octanol–water partition coefficient (Wildman–Crippen LogP) is 2.39. The van der Waals surface area contributed by atoms with Gasteiger partial charge >= 0.3 is 0 Å². The van der Waals surface area contributed by atoms with Crippen molar-refractivity contribution in [3.63, 3.8) is 0 Å². The Morgan fingerprint density at radius 3 is 2.52 bits per heavy atom. The SMILES string of the molecule is CCC1(CC)CC(=O)N(Cc2cccc(C(N)=S)c2)C1=O. The Hall–Kier alpha value is -1.75. The fourth-order valence-corrected chi connectivity index (χ4v) is 2.95. The van der Waals surface area contributed by atoms with Crippen molar-refractivity contribution in [3.8, 4) is 0 Å². The molecule has 0 atom stereocenters. The second-order valence-electron chi connectivity index (χ2n) is 5.51. The first kappa shape index (κ1) is 15.6. The molecule has 2 amide bonds. The van der Waals surface area contributed by atoms with Gasteiger partial charge in [0.15, 0.2) is 0 Å². The van der Waals surface area contributed by atoms with Gasteiger partial charge in [0.25, 0.3) is 0 Å². The van der Waals surface area contributed by atoms with Gasteiger partial charge in [-0.05, 0) is 24.5 Å². The number of rotatable bonds is 5. The molecule has 0 spiro atoms. The lowest BCUT2D eigenvalue weighted by Crippen LogP contribution is -2.34. The summed E-state index contributed by atoms with van der Waals surface area (Å²) in [7, 11) is 0. The maximum atomic E-state index is 12.6. The van der Waals surface area contributed by atoms with Crippen LogP contribution in [0.2, 0.25) is 0 Å². The first-order valence-corrected chi connectivity index (χ1v) is 7.58. The molecular weight excluding hydrogens is 284 g/mol. The van der Waals surface area contributed by atoms with Gasteiger partial charge in [-0.2, -0.15) is 0 Å². The van der Waals surface area contributed by atoms with Gasteiger partial charge in [0.1, 0.15) is 4.99 Å². The zero-order valence-corrected chi connectivity index (χ0v) is 13.2. The summed E-state index contributed by atoms with van der Waals surface area (Å²) < 4.78 is 0. The number of benzene rings is 1. The number of thiocarbonyl (C=S) groups is 1. The molecule has 5 heteroatoms. The highest BCUT2D eigenvalue weighted by atomic mass is 32.1. The molecule has 0 saturated carbocycles. The first-order valence-electron chi connectivity index (χ1n) is 7.17. The average Bonchev–Trinajstić information content (AvgIpc) is 2.72. The summed E-state index contributed by atoms with van der Waals surface area (Å²) in [6.07, 6.45) is 1.70. The Balaban J connectivity index is 2.24. The van der Waals surface area contributed by atoms with E-state index in [2.05, 4.69) is 0 Å². The first-order chi connectivity index (χ1) is 9.93. The molecule has 0 bridgehead atoms. The van der Waals surface area contributed by atoms with Crippen LogP contribution in [0.3, 0.4) is 0 Å². The van der Waals surface area contributed by atoms with E-state index in [0.717, 1.165) is 11.1 Å². The highest BCUT2D eigenvalue weighted by Gasteiger charge is 2.48. The van der Waals surface area contributed by atoms with Crippen molar-refractivity contribution in [1.82, 2.24) is 4.90 Å². The van der Waals surface area contributed by atoms with Gasteiger partial charge in [-0.1, -0.05) is 44.3 Å². The largest absolute Gasteiger partial charge is 0.389 e. The van der Waals surface area contributed by atoms with E-state index in [1.165, 1.54) is 4.90 Å². The van der Waals surface area contributed by atoms with Crippen LogP contribution < -0.4 is 5.73 Å². The lowest BCUT2D eigenvalue weighted by Gasteiger charge is -2.23. The van der Waals surface area contributed by atoms with Gasteiger partial charge in [0.05, 0.1) is 12.0 Å². The molecule has 2 rings (SSSR count). The highest BCUT2D eigenvalue weighted by Crippen LogP contribution is 2.39. The summed E-state index contributed by atoms with van der Waals surface area (Å²) in [5.41, 5.74) is 6.71. The molecule has 0 radical (unpaired) electrons. The molecule has 1 aliphatic heterocycles. The Labute approximate surface area is 130 Å². The van der Waals surface area contributed by atoms with Crippen molar-refractivity contribution < 1.29 is 9.59 Å². The molecule has 2 N–H and O–H groups in total. The van der Waals surface area contributed by atoms with Crippen LogP contribution in [0, 0.1) is 5.41 Å². The standard InChI is InChI=1S/C16H20N2O2S/c1-3-16(4-2)9-13(19)18(15(16)20)10-11-6-5-7-12(8-11)14(17)21/h5-8H,3-4,9-10H2,1-2H3,(H2,17,21). The molecule has 1 aliphatic rings. The Kier molecular flexibility index (Phi) is 4.42. The normalized spacial score (nSPS) is 17.3. The lowest BCUT2D eigenvalue weighted by atomic mass is 9.81. The van der Waals surface area contributed by atoms with Gasteiger partial charge in [0.2, 0.25) is 11.8 Å². The molecule has 1 fully saturated rings. The highest BCUT2D eigenvalue weighted by molar-refractivity contribution is 7.80. The van der Waals surface area contributed by atoms with Crippen molar-refractivity contribution in [1.29, 1.82) is 0 Å². The number of hydrogen-bond acceptors (Lipinski definition) is 3. The van der Waals surface area contributed by atoms with Crippen molar-refractivity contribution in [2.24, 2.45) is 11.1 Å². The molecule has 21 heavy (non-hydrogen) atoms. The predicted molar refractivity (Wildman–Crippen MR) is 85.5 cm³/mol. The lowest BCUT2D eigenvalue weighted by molar-refractivity contribution is -0.142. The Morgan fingerprint density at radius 2 is 2.00 bits per heavy atom. The van der Waals surface area contributed by atoms with E-state index in [1.807, 2.05) is 38.1 Å². The maximum absolute atomic E-state index is 12.6. The number of nitrogens with zero attached hydrogens (tertiary/aromatic N) is 1. The van der Waals surface area contributed by atoms with E-state index in [9.17, 15) is 9.59 Å². The van der Waals surface area contributed by atoms with Crippen LogP contribution in [0.4, 0.5) is 0 Å². The smallest absolute Gasteiger partial charge is 0.236 e. The number of amides is 2. The van der Waals surface area contributed by atoms with Crippen molar-refractivity contribution in [2.75, 3.05) is 0 Å². The topological polar surface area (TPSA) is 63.4 Å². The summed E-state index contributed by atoms with van der Waals surface area (Å²) in [6.45, 7) is 4.22. The number of imide groups is 1. The molecule has 0 aliphatic carbocycles. The molecule has 112 valence electrons. The monoisotopic (exact) mass is 304 g/mol. The summed E-state index contributed by atoms with van der Waals surface area (Å²) >= 11 is 4.96. The van der Waals surface area contributed by atoms with Crippen LogP contribution in [-0.2, 0) is 16.1 Å². The van der Waals surface area contributed by atoms with Crippen LogP contribution in [0.5, 0.6) is 0 Å². The fraction of sp³-hybridized carbons (Fsp3) is 0.438. The molecule has 0 unspecified atom stereocenters. The van der Waals surface area contributed by atoms with Gasteiger partial charge in [-0.3, -0.25) is 14.5 Å². The van der Waals surface area contributed by atoms with Gasteiger partial charge < -0.3 is 5.73 Å². The van der Waals surface area contributed by atoms with E-state index in [0.29, 0.717) is 24.3 Å². The second-order valence-corrected chi connectivity index (χ2v) is 5.95. The van der Waals surface area contributed by atoms with E-state index in [1.54, 1.807) is 0 Å². The Morgan fingerprint density at radius 1 is 1.33 bits per heavy atom. The van der Waals surface area contributed by atoms with E-state index >= 15 is 0 Å². The van der Waals surface area contributed by atoms with Crippen LogP contribution in [0.15, 0.2) is 24.3 Å². The fourth-order valence-electron chi connectivity index (χ4n) is 2.83. The quantitative estimate of drug-likeness (QED) is 0.670. The van der Waals surface area contributed by atoms with E-state index in [4.69, 9.17) is 18.0 Å². The summed E-state index contributed by atoms with van der Waals surface area (Å²) in [5.74, 6) is -0.150. The zero-order valence-electron chi connectivity index (χ0n) is 12.4. The molecule has 4 nitrogen and oxygen atoms in total. The third-order valence-corrected chi connectivity index (χ3v) is 4.63. The average molecular weight is 304 g/mol. The maximum Gasteiger partial charge on any atom is 0.236 e. The van der Waals surface area contributed by atoms with Crippen LogP contribution in [0.25, 0.3) is 0 Å². The third-order valence-electron chi connectivity index (χ3n) is 4.40. The van der Waals surface area contributed by atoms with Crippen LogP contribution in [0.1, 0.15) is 44.2 Å². The zero-order chi connectivity index (χ0) is 15.6. The van der Waals surface area contributed by atoms with Crippen molar-refractivity contribution >= 4 is 29.0 Å². The molecular formula is C16H20N2O2S. The Bertz CT molecular complexity index is 594. The molecule has 0 aromatic heterocycles. The minimum Gasteiger partial charge on any atom is -0.389 e. The number of carbonyl (C=O) groups excluding carboxylic acids is 2. The number of nitrogens with two attached hydrogens (primary N) is 1.